The van der Waals surface area contributed by atoms with Gasteiger partial charge in [0.2, 0.25) is 5.89 Å². The fraction of sp³-hybridized carbons (Fsp3) is 0.207. The van der Waals surface area contributed by atoms with Crippen LogP contribution in [0.25, 0.3) is 55.3 Å². The highest BCUT2D eigenvalue weighted by Crippen LogP contribution is 2.34. The van der Waals surface area contributed by atoms with Crippen molar-refractivity contribution in [2.75, 3.05) is 0 Å². The molecule has 0 amide bonds. The first-order chi connectivity index (χ1) is 16.7. The Bertz CT molecular complexity index is 1720. The largest absolute Gasteiger partial charge is 0.456 e. The van der Waals surface area contributed by atoms with E-state index in [1.165, 1.54) is 0 Å². The van der Waals surface area contributed by atoms with E-state index in [2.05, 4.69) is 24.3 Å². The number of benzene rings is 4. The fourth-order valence-electron chi connectivity index (χ4n) is 4.17. The van der Waals surface area contributed by atoms with E-state index in [1.54, 1.807) is 21.3 Å². The number of oxazole rings is 1. The van der Waals surface area contributed by atoms with Crippen LogP contribution in [0.2, 0.25) is 0 Å². The van der Waals surface area contributed by atoms with Crippen LogP contribution >= 0.6 is 0 Å². The molecule has 0 fully saturated rings. The summed E-state index contributed by atoms with van der Waals surface area (Å²) in [5.74, 6) is 0.527. The first kappa shape index (κ1) is 21.9. The molecule has 0 unspecified atom stereocenters. The second-order valence-corrected chi connectivity index (χ2v) is 10.00. The van der Waals surface area contributed by atoms with Crippen molar-refractivity contribution in [2.24, 2.45) is 0 Å². The maximum atomic E-state index is 10.6. The van der Waals surface area contributed by atoms with Gasteiger partial charge >= 0.3 is 7.48 Å². The predicted molar refractivity (Wildman–Crippen MR) is 141 cm³/mol. The van der Waals surface area contributed by atoms with Crippen molar-refractivity contribution in [1.82, 2.24) is 4.98 Å². The zero-order chi connectivity index (χ0) is 24.4. The smallest absolute Gasteiger partial charge is 0.339 e. The number of furan rings is 1. The number of aromatic nitrogens is 1. The zero-order valence-electron chi connectivity index (χ0n) is 20.1. The third-order valence-corrected chi connectivity index (χ3v) is 7.00. The molecule has 0 spiro atoms. The predicted octanol–water partition coefficient (Wildman–Crippen LogP) is 6.36. The average Bonchev–Trinajstić information content (AvgIpc) is 3.42. The number of hydrogen-bond donors (Lipinski definition) is 1. The minimum atomic E-state index is -1.07. The average molecular weight is 462 g/mol. The van der Waals surface area contributed by atoms with E-state index in [9.17, 15) is 5.11 Å². The minimum absolute atomic E-state index is 0.527. The van der Waals surface area contributed by atoms with Crippen LogP contribution in [0.5, 0.6) is 0 Å². The minimum Gasteiger partial charge on any atom is -0.456 e. The first-order valence-corrected chi connectivity index (χ1v) is 11.7. The normalized spacial score (nSPS) is 12.8. The Kier molecular flexibility index (Phi) is 4.82. The Morgan fingerprint density at radius 1 is 0.800 bits per heavy atom. The summed E-state index contributed by atoms with van der Waals surface area (Å²) in [6.45, 7) is 7.15. The third kappa shape index (κ3) is 3.61. The molecule has 6 heteroatoms. The van der Waals surface area contributed by atoms with Crippen molar-refractivity contribution >= 4 is 56.8 Å². The van der Waals surface area contributed by atoms with E-state index in [0.717, 1.165) is 32.7 Å². The molecule has 4 aromatic carbocycles. The molecular formula is C29H25BNO4. The molecule has 0 aliphatic carbocycles. The summed E-state index contributed by atoms with van der Waals surface area (Å²) in [5, 5.41) is 14.8. The molecule has 5 nitrogen and oxygen atoms in total. The van der Waals surface area contributed by atoms with Crippen LogP contribution < -0.4 is 5.46 Å². The summed E-state index contributed by atoms with van der Waals surface area (Å²) in [7, 11) is 1.63. The lowest BCUT2D eigenvalue weighted by molar-refractivity contribution is -0.0893. The maximum Gasteiger partial charge on any atom is 0.339 e. The van der Waals surface area contributed by atoms with Gasteiger partial charge in [-0.15, -0.1) is 0 Å². The van der Waals surface area contributed by atoms with Crippen molar-refractivity contribution in [2.45, 2.75) is 38.9 Å². The van der Waals surface area contributed by atoms with E-state index >= 15 is 0 Å². The van der Waals surface area contributed by atoms with Crippen LogP contribution in [-0.2, 0) is 4.65 Å². The number of hydrogen-bond acceptors (Lipinski definition) is 5. The van der Waals surface area contributed by atoms with Crippen molar-refractivity contribution in [3.05, 3.63) is 72.8 Å². The number of para-hydroxylation sites is 1. The molecule has 1 N–H and O–H groups in total. The van der Waals surface area contributed by atoms with E-state index in [0.29, 0.717) is 28.0 Å². The van der Waals surface area contributed by atoms with E-state index < -0.39 is 11.2 Å². The molecule has 6 aromatic rings. The quantitative estimate of drug-likeness (QED) is 0.302. The van der Waals surface area contributed by atoms with Crippen LogP contribution in [0.4, 0.5) is 0 Å². The third-order valence-electron chi connectivity index (χ3n) is 7.00. The molecule has 0 saturated heterocycles. The Hall–Kier alpha value is -3.61. The summed E-state index contributed by atoms with van der Waals surface area (Å²) < 4.78 is 18.7. The number of fused-ring (bicyclic) bond motifs is 5. The molecule has 2 heterocycles. The highest BCUT2D eigenvalue weighted by molar-refractivity contribution is 6.55. The molecule has 173 valence electrons. The Balaban J connectivity index is 1.55. The molecule has 0 aliphatic rings. The van der Waals surface area contributed by atoms with Gasteiger partial charge in [0.1, 0.15) is 16.7 Å². The van der Waals surface area contributed by atoms with Gasteiger partial charge in [-0.2, -0.15) is 0 Å². The van der Waals surface area contributed by atoms with Gasteiger partial charge in [0.15, 0.2) is 5.58 Å². The Morgan fingerprint density at radius 3 is 2.34 bits per heavy atom. The number of rotatable bonds is 5. The number of nitrogens with zero attached hydrogens (tertiary/aromatic N) is 1. The van der Waals surface area contributed by atoms with Gasteiger partial charge in [-0.25, -0.2) is 4.98 Å². The molecule has 2 aromatic heterocycles. The van der Waals surface area contributed by atoms with E-state index in [4.69, 9.17) is 18.5 Å². The van der Waals surface area contributed by atoms with E-state index in [-0.39, 0.29) is 0 Å². The Labute approximate surface area is 203 Å². The van der Waals surface area contributed by atoms with Gasteiger partial charge in [0, 0.05) is 21.8 Å². The van der Waals surface area contributed by atoms with Crippen LogP contribution in [0.3, 0.4) is 0 Å². The van der Waals surface area contributed by atoms with Gasteiger partial charge in [0.05, 0.1) is 11.2 Å². The molecule has 0 atom stereocenters. The zero-order valence-corrected chi connectivity index (χ0v) is 20.1. The lowest BCUT2D eigenvalue weighted by Crippen LogP contribution is -2.49. The fourth-order valence-corrected chi connectivity index (χ4v) is 4.17. The van der Waals surface area contributed by atoms with Gasteiger partial charge in [0.25, 0.3) is 0 Å². The monoisotopic (exact) mass is 462 g/mol. The summed E-state index contributed by atoms with van der Waals surface area (Å²) in [5.41, 5.74) is 2.36. The van der Waals surface area contributed by atoms with Gasteiger partial charge in [-0.3, -0.25) is 0 Å². The molecular weight excluding hydrogens is 437 g/mol. The Morgan fingerprint density at radius 2 is 1.54 bits per heavy atom. The molecule has 1 radical (unpaired) electrons. The molecule has 0 saturated carbocycles. The highest BCUT2D eigenvalue weighted by atomic mass is 16.5. The van der Waals surface area contributed by atoms with Crippen LogP contribution in [0.15, 0.2) is 81.6 Å². The lowest BCUT2D eigenvalue weighted by atomic mass is 9.81. The summed E-state index contributed by atoms with van der Waals surface area (Å²) >= 11 is 0. The highest BCUT2D eigenvalue weighted by Gasteiger charge is 2.36. The molecule has 0 aliphatic heterocycles. The summed E-state index contributed by atoms with van der Waals surface area (Å²) in [6, 6.07) is 24.3. The number of aliphatic hydroxyl groups is 1. The SMILES string of the molecule is CC(C)(O)C(C)(C)O[B]c1c2oc(-c3ccc4ccccc4c3)nc2cc2c1oc1ccccc12. The van der Waals surface area contributed by atoms with Crippen LogP contribution in [0, 0.1) is 0 Å². The summed E-state index contributed by atoms with van der Waals surface area (Å²) in [4.78, 5) is 4.85. The second-order valence-electron chi connectivity index (χ2n) is 10.00. The van der Waals surface area contributed by atoms with Crippen molar-refractivity contribution in [1.29, 1.82) is 0 Å². The van der Waals surface area contributed by atoms with Gasteiger partial charge in [-0.05, 0) is 62.7 Å². The standard InChI is InChI=1S/C29H25BNO4/c1-28(2,32)29(3,4)35-30-24-25-21(20-11-7-8-12-23(20)33-25)16-22-26(24)34-27(31-22)19-14-13-17-9-5-6-10-18(17)15-19/h5-16,32H,1-4H3. The van der Waals surface area contributed by atoms with Crippen LogP contribution in [0.1, 0.15) is 27.7 Å². The van der Waals surface area contributed by atoms with E-state index in [1.807, 2.05) is 62.4 Å². The summed E-state index contributed by atoms with van der Waals surface area (Å²) in [6.07, 6.45) is 0. The van der Waals surface area contributed by atoms with Crippen LogP contribution in [-0.4, -0.2) is 28.8 Å². The van der Waals surface area contributed by atoms with Crippen molar-refractivity contribution in [3.63, 3.8) is 0 Å². The van der Waals surface area contributed by atoms with Crippen molar-refractivity contribution < 1.29 is 18.6 Å². The van der Waals surface area contributed by atoms with Gasteiger partial charge in [-0.1, -0.05) is 48.5 Å². The molecule has 6 rings (SSSR count). The molecule has 35 heavy (non-hydrogen) atoms. The van der Waals surface area contributed by atoms with Crippen molar-refractivity contribution in [3.8, 4) is 11.5 Å². The first-order valence-electron chi connectivity index (χ1n) is 11.7. The topological polar surface area (TPSA) is 68.6 Å². The maximum absolute atomic E-state index is 10.6. The van der Waals surface area contributed by atoms with Gasteiger partial charge < -0.3 is 18.6 Å². The second kappa shape index (κ2) is 7.70. The lowest BCUT2D eigenvalue weighted by Gasteiger charge is -2.37. The molecule has 0 bridgehead atoms.